The molecule has 0 aliphatic heterocycles. The summed E-state index contributed by atoms with van der Waals surface area (Å²) in [5, 5.41) is 11.9. The lowest BCUT2D eigenvalue weighted by molar-refractivity contribution is 0.273. The molecule has 4 nitrogen and oxygen atoms in total. The molecule has 0 radical (unpaired) electrons. The van der Waals surface area contributed by atoms with Crippen molar-refractivity contribution in [2.45, 2.75) is 26.4 Å². The first-order chi connectivity index (χ1) is 9.13. The lowest BCUT2D eigenvalue weighted by Gasteiger charge is -2.20. The molecule has 0 unspecified atom stereocenters. The normalized spacial score (nSPS) is 10.7. The Morgan fingerprint density at radius 3 is 2.89 bits per heavy atom. The highest BCUT2D eigenvalue weighted by atomic mass is 16.5. The molecule has 19 heavy (non-hydrogen) atoms. The first kappa shape index (κ1) is 15.5. The zero-order chi connectivity index (χ0) is 14.1. The highest BCUT2D eigenvalue weighted by molar-refractivity contribution is 5.28. The molecule has 4 heteroatoms. The highest BCUT2D eigenvalue weighted by Gasteiger charge is 2.02. The van der Waals surface area contributed by atoms with Crippen LogP contribution >= 0.6 is 0 Å². The Morgan fingerprint density at radius 2 is 2.21 bits per heavy atom. The van der Waals surface area contributed by atoms with Crippen LogP contribution in [0.25, 0.3) is 0 Å². The van der Waals surface area contributed by atoms with Crippen LogP contribution in [0, 0.1) is 11.3 Å². The van der Waals surface area contributed by atoms with Crippen LogP contribution in [0.3, 0.4) is 0 Å². The average molecular weight is 261 g/mol. The molecule has 1 rings (SSSR count). The number of benzene rings is 1. The number of hydrogen-bond acceptors (Lipinski definition) is 4. The van der Waals surface area contributed by atoms with Gasteiger partial charge in [-0.25, -0.2) is 0 Å². The number of likely N-dealkylation sites (N-methyl/N-ethyl adjacent to an activating group) is 1. The summed E-state index contributed by atoms with van der Waals surface area (Å²) >= 11 is 0. The fourth-order valence-corrected chi connectivity index (χ4v) is 1.61. The molecule has 0 aliphatic carbocycles. The van der Waals surface area contributed by atoms with Gasteiger partial charge in [0, 0.05) is 25.7 Å². The topological polar surface area (TPSA) is 48.3 Å². The summed E-state index contributed by atoms with van der Waals surface area (Å²) in [5.74, 6) is 0.750. The maximum atomic E-state index is 8.47. The first-order valence-corrected chi connectivity index (χ1v) is 6.63. The van der Waals surface area contributed by atoms with Crippen molar-refractivity contribution in [3.05, 3.63) is 29.8 Å². The summed E-state index contributed by atoms with van der Waals surface area (Å²) in [6.07, 6.45) is 0. The van der Waals surface area contributed by atoms with Gasteiger partial charge >= 0.3 is 0 Å². The van der Waals surface area contributed by atoms with Crippen LogP contribution in [-0.2, 0) is 6.54 Å². The van der Waals surface area contributed by atoms with Gasteiger partial charge in [0.2, 0.25) is 0 Å². The molecule has 1 aromatic rings. The summed E-state index contributed by atoms with van der Waals surface area (Å²) in [6, 6.07) is 10.4. The van der Waals surface area contributed by atoms with Crippen molar-refractivity contribution in [1.82, 2.24) is 10.2 Å². The molecule has 1 aromatic carbocycles. The van der Waals surface area contributed by atoms with Gasteiger partial charge in [0.05, 0.1) is 0 Å². The van der Waals surface area contributed by atoms with Gasteiger partial charge in [0.1, 0.15) is 11.8 Å². The minimum atomic E-state index is 0.0933. The zero-order valence-corrected chi connectivity index (χ0v) is 12.0. The Kier molecular flexibility index (Phi) is 6.94. The van der Waals surface area contributed by atoms with E-state index in [-0.39, 0.29) is 6.61 Å². The molecule has 0 heterocycles. The fraction of sp³-hybridized carbons (Fsp3) is 0.533. The van der Waals surface area contributed by atoms with Gasteiger partial charge in [0.15, 0.2) is 6.61 Å². The number of nitrogens with one attached hydrogen (secondary N) is 1. The minimum Gasteiger partial charge on any atom is -0.479 e. The SMILES string of the molecule is CC(C)N(C)CCNCc1cccc(OCC#N)c1. The molecule has 0 saturated carbocycles. The van der Waals surface area contributed by atoms with Crippen molar-refractivity contribution < 1.29 is 4.74 Å². The number of hydrogen-bond donors (Lipinski definition) is 1. The van der Waals surface area contributed by atoms with E-state index in [9.17, 15) is 0 Å². The van der Waals surface area contributed by atoms with E-state index in [0.717, 1.165) is 25.4 Å². The molecule has 0 atom stereocenters. The van der Waals surface area contributed by atoms with Crippen molar-refractivity contribution in [3.8, 4) is 11.8 Å². The molecule has 0 saturated heterocycles. The molecule has 0 aliphatic rings. The second-order valence-electron chi connectivity index (χ2n) is 4.85. The van der Waals surface area contributed by atoms with Crippen LogP contribution < -0.4 is 10.1 Å². The third kappa shape index (κ3) is 6.23. The Morgan fingerprint density at radius 1 is 1.42 bits per heavy atom. The van der Waals surface area contributed by atoms with E-state index in [1.807, 2.05) is 24.3 Å². The quantitative estimate of drug-likeness (QED) is 0.727. The molecule has 0 aromatic heterocycles. The number of nitrogens with zero attached hydrogens (tertiary/aromatic N) is 2. The second kappa shape index (κ2) is 8.52. The van der Waals surface area contributed by atoms with Crippen LogP contribution in [0.5, 0.6) is 5.75 Å². The average Bonchev–Trinajstić information content (AvgIpc) is 2.41. The molecule has 104 valence electrons. The Balaban J connectivity index is 2.31. The predicted octanol–water partition coefficient (Wildman–Crippen LogP) is 2.02. The summed E-state index contributed by atoms with van der Waals surface area (Å²) in [7, 11) is 2.13. The van der Waals surface area contributed by atoms with Crippen molar-refractivity contribution in [3.63, 3.8) is 0 Å². The van der Waals surface area contributed by atoms with E-state index in [4.69, 9.17) is 10.00 Å². The third-order valence-corrected chi connectivity index (χ3v) is 3.05. The van der Waals surface area contributed by atoms with E-state index in [1.54, 1.807) is 0 Å². The van der Waals surface area contributed by atoms with Crippen LogP contribution in [0.2, 0.25) is 0 Å². The molecule has 0 bridgehead atoms. The fourth-order valence-electron chi connectivity index (χ4n) is 1.61. The molecule has 0 spiro atoms. The molecule has 1 N–H and O–H groups in total. The maximum Gasteiger partial charge on any atom is 0.174 e. The molecular formula is C15H23N3O. The van der Waals surface area contributed by atoms with Crippen LogP contribution in [-0.4, -0.2) is 37.7 Å². The van der Waals surface area contributed by atoms with Gasteiger partial charge in [-0.3, -0.25) is 0 Å². The van der Waals surface area contributed by atoms with Crippen LogP contribution in [0.1, 0.15) is 19.4 Å². The van der Waals surface area contributed by atoms with Crippen molar-refractivity contribution >= 4 is 0 Å². The molecule has 0 fully saturated rings. The van der Waals surface area contributed by atoms with E-state index < -0.39 is 0 Å². The van der Waals surface area contributed by atoms with E-state index in [1.165, 1.54) is 5.56 Å². The van der Waals surface area contributed by atoms with Crippen LogP contribution in [0.4, 0.5) is 0 Å². The van der Waals surface area contributed by atoms with E-state index in [2.05, 4.69) is 37.2 Å². The smallest absolute Gasteiger partial charge is 0.174 e. The molecular weight excluding hydrogens is 238 g/mol. The largest absolute Gasteiger partial charge is 0.479 e. The Hall–Kier alpha value is -1.57. The van der Waals surface area contributed by atoms with Gasteiger partial charge < -0.3 is 15.0 Å². The number of nitriles is 1. The van der Waals surface area contributed by atoms with E-state index >= 15 is 0 Å². The maximum absolute atomic E-state index is 8.47. The van der Waals surface area contributed by atoms with Crippen molar-refractivity contribution in [2.24, 2.45) is 0 Å². The minimum absolute atomic E-state index is 0.0933. The van der Waals surface area contributed by atoms with Gasteiger partial charge in [-0.05, 0) is 38.6 Å². The predicted molar refractivity (Wildman–Crippen MR) is 77.0 cm³/mol. The summed E-state index contributed by atoms with van der Waals surface area (Å²) in [5.41, 5.74) is 1.17. The lowest BCUT2D eigenvalue weighted by Crippen LogP contribution is -2.33. The van der Waals surface area contributed by atoms with Gasteiger partial charge in [-0.15, -0.1) is 0 Å². The summed E-state index contributed by atoms with van der Waals surface area (Å²) in [4.78, 5) is 2.31. The zero-order valence-electron chi connectivity index (χ0n) is 12.0. The third-order valence-electron chi connectivity index (χ3n) is 3.05. The lowest BCUT2D eigenvalue weighted by atomic mass is 10.2. The molecule has 0 amide bonds. The first-order valence-electron chi connectivity index (χ1n) is 6.63. The van der Waals surface area contributed by atoms with Gasteiger partial charge in [0.25, 0.3) is 0 Å². The monoisotopic (exact) mass is 261 g/mol. The van der Waals surface area contributed by atoms with Crippen molar-refractivity contribution in [1.29, 1.82) is 5.26 Å². The van der Waals surface area contributed by atoms with E-state index in [0.29, 0.717) is 6.04 Å². The number of rotatable bonds is 8. The van der Waals surface area contributed by atoms with Gasteiger partial charge in [-0.2, -0.15) is 5.26 Å². The summed E-state index contributed by atoms with van der Waals surface area (Å²) < 4.78 is 5.27. The summed E-state index contributed by atoms with van der Waals surface area (Å²) in [6.45, 7) is 7.28. The highest BCUT2D eigenvalue weighted by Crippen LogP contribution is 2.12. The van der Waals surface area contributed by atoms with Crippen molar-refractivity contribution in [2.75, 3.05) is 26.7 Å². The number of ether oxygens (including phenoxy) is 1. The second-order valence-corrected chi connectivity index (χ2v) is 4.85. The Bertz CT molecular complexity index is 412. The standard InChI is InChI=1S/C15H23N3O/c1-13(2)18(3)9-8-17-12-14-5-4-6-15(11-14)19-10-7-16/h4-6,11,13,17H,8-10,12H2,1-3H3. The van der Waals surface area contributed by atoms with Crippen LogP contribution in [0.15, 0.2) is 24.3 Å². The van der Waals surface area contributed by atoms with Gasteiger partial charge in [-0.1, -0.05) is 12.1 Å². The Labute approximate surface area is 116 Å².